The molecule has 2 aromatic carbocycles. The van der Waals surface area contributed by atoms with Gasteiger partial charge in [0, 0.05) is 29.8 Å². The molecule has 3 N–H and O–H groups in total. The number of hydrogen-bond acceptors (Lipinski definition) is 5. The summed E-state index contributed by atoms with van der Waals surface area (Å²) in [5.74, 6) is -1.11. The molecule has 1 aliphatic carbocycles. The van der Waals surface area contributed by atoms with E-state index in [-0.39, 0.29) is 24.1 Å². The first-order valence-electron chi connectivity index (χ1n) is 12.5. The molecule has 4 rings (SSSR count). The Labute approximate surface area is 216 Å². The first-order chi connectivity index (χ1) is 17.4. The topological polar surface area (TPSA) is 87.7 Å². The predicted octanol–water partition coefficient (Wildman–Crippen LogP) is 5.52. The van der Waals surface area contributed by atoms with Gasteiger partial charge in [-0.25, -0.2) is 4.79 Å². The van der Waals surface area contributed by atoms with Crippen LogP contribution in [0.15, 0.2) is 65.6 Å². The minimum Gasteiger partial charge on any atom is -0.478 e. The van der Waals surface area contributed by atoms with E-state index in [1.54, 1.807) is 17.4 Å². The molecule has 0 fully saturated rings. The standard InChI is InChI=1S/C29H34N2O4S/c1-4-24(5-2)35-26-15-23(29(33)34)14-25(28(26)31-18(3)32)30-17-19-6-8-20(9-7-19)22-11-10-21-12-13-36-27(21)16-22/h6-13,15-16,24-26,28,30H,4-5,14,17H2,1-3H3,(H,31,32)(H,33,34)/t25-,26+,28+/m0/s1. The lowest BCUT2D eigenvalue weighted by molar-refractivity contribution is -0.133. The van der Waals surface area contributed by atoms with E-state index in [9.17, 15) is 14.7 Å². The molecule has 0 aliphatic heterocycles. The van der Waals surface area contributed by atoms with Gasteiger partial charge in [-0.2, -0.15) is 0 Å². The molecule has 190 valence electrons. The molecule has 0 unspecified atom stereocenters. The van der Waals surface area contributed by atoms with Crippen molar-refractivity contribution in [2.75, 3.05) is 0 Å². The minimum absolute atomic E-state index is 0.00255. The van der Waals surface area contributed by atoms with Crippen LogP contribution in [0.25, 0.3) is 21.2 Å². The summed E-state index contributed by atoms with van der Waals surface area (Å²) in [6, 6.07) is 16.4. The number of carboxylic acid groups (broad SMARTS) is 1. The molecule has 1 aromatic heterocycles. The van der Waals surface area contributed by atoms with Crippen LogP contribution in [0.1, 0.15) is 45.6 Å². The van der Waals surface area contributed by atoms with Crippen LogP contribution < -0.4 is 10.6 Å². The van der Waals surface area contributed by atoms with Gasteiger partial charge in [0.05, 0.1) is 18.2 Å². The van der Waals surface area contributed by atoms with Gasteiger partial charge in [0.25, 0.3) is 0 Å². The summed E-state index contributed by atoms with van der Waals surface area (Å²) in [5.41, 5.74) is 3.73. The molecule has 1 heterocycles. The average Bonchev–Trinajstić information content (AvgIpc) is 3.35. The maximum absolute atomic E-state index is 12.0. The molecule has 0 saturated heterocycles. The fourth-order valence-electron chi connectivity index (χ4n) is 4.76. The van der Waals surface area contributed by atoms with Crippen molar-refractivity contribution in [3.05, 3.63) is 71.1 Å². The van der Waals surface area contributed by atoms with E-state index < -0.39 is 12.1 Å². The van der Waals surface area contributed by atoms with Gasteiger partial charge in [-0.1, -0.05) is 50.2 Å². The molecule has 6 nitrogen and oxygen atoms in total. The number of ether oxygens (including phenoxy) is 1. The van der Waals surface area contributed by atoms with Gasteiger partial charge in [-0.15, -0.1) is 11.3 Å². The third kappa shape index (κ3) is 6.22. The summed E-state index contributed by atoms with van der Waals surface area (Å²) in [4.78, 5) is 23.9. The Bertz CT molecular complexity index is 1230. The predicted molar refractivity (Wildman–Crippen MR) is 145 cm³/mol. The van der Waals surface area contributed by atoms with Gasteiger partial charge in [0.2, 0.25) is 5.91 Å². The van der Waals surface area contributed by atoms with Gasteiger partial charge in [-0.3, -0.25) is 4.79 Å². The second kappa shape index (κ2) is 11.8. The number of amides is 1. The molecule has 3 atom stereocenters. The Balaban J connectivity index is 1.49. The van der Waals surface area contributed by atoms with Crippen LogP contribution in [0, 0.1) is 0 Å². The Morgan fingerprint density at radius 2 is 1.81 bits per heavy atom. The third-order valence-electron chi connectivity index (χ3n) is 6.81. The van der Waals surface area contributed by atoms with Crippen LogP contribution in [-0.2, 0) is 20.9 Å². The van der Waals surface area contributed by atoms with Crippen molar-refractivity contribution in [1.82, 2.24) is 10.6 Å². The SMILES string of the molecule is CCC(CC)O[C@@H]1C=C(C(=O)O)C[C@H](NCc2ccc(-c3ccc4ccsc4c3)cc2)[C@H]1NC(C)=O. The average molecular weight is 507 g/mol. The van der Waals surface area contributed by atoms with E-state index in [2.05, 4.69) is 64.5 Å². The van der Waals surface area contributed by atoms with Crippen LogP contribution in [-0.4, -0.2) is 41.3 Å². The molecule has 7 heteroatoms. The van der Waals surface area contributed by atoms with Crippen molar-refractivity contribution in [3.63, 3.8) is 0 Å². The molecule has 1 amide bonds. The summed E-state index contributed by atoms with van der Waals surface area (Å²) < 4.78 is 7.53. The van der Waals surface area contributed by atoms with E-state index in [0.29, 0.717) is 18.5 Å². The van der Waals surface area contributed by atoms with Gasteiger partial charge in [-0.05, 0) is 64.9 Å². The quantitative estimate of drug-likeness (QED) is 0.337. The van der Waals surface area contributed by atoms with Gasteiger partial charge in [0.15, 0.2) is 0 Å². The van der Waals surface area contributed by atoms with Crippen molar-refractivity contribution in [3.8, 4) is 11.1 Å². The van der Waals surface area contributed by atoms with Crippen LogP contribution in [0.4, 0.5) is 0 Å². The zero-order valence-corrected chi connectivity index (χ0v) is 21.8. The van der Waals surface area contributed by atoms with Crippen LogP contribution >= 0.6 is 11.3 Å². The number of fused-ring (bicyclic) bond motifs is 1. The van der Waals surface area contributed by atoms with Crippen molar-refractivity contribution in [2.24, 2.45) is 0 Å². The number of carbonyl (C=O) groups is 2. The van der Waals surface area contributed by atoms with Crippen molar-refractivity contribution in [1.29, 1.82) is 0 Å². The number of thiophene rings is 1. The van der Waals surface area contributed by atoms with Crippen LogP contribution in [0.3, 0.4) is 0 Å². The number of carbonyl (C=O) groups excluding carboxylic acids is 1. The molecule has 0 saturated carbocycles. The normalized spacial score (nSPS) is 19.9. The fraction of sp³-hybridized carbons (Fsp3) is 0.379. The van der Waals surface area contributed by atoms with Gasteiger partial charge < -0.3 is 20.5 Å². The summed E-state index contributed by atoms with van der Waals surface area (Å²) in [6.45, 7) is 6.12. The Morgan fingerprint density at radius 1 is 1.08 bits per heavy atom. The monoisotopic (exact) mass is 506 g/mol. The van der Waals surface area contributed by atoms with Crippen LogP contribution in [0.2, 0.25) is 0 Å². The van der Waals surface area contributed by atoms with Crippen LogP contribution in [0.5, 0.6) is 0 Å². The zero-order valence-electron chi connectivity index (χ0n) is 21.0. The maximum Gasteiger partial charge on any atom is 0.331 e. The van der Waals surface area contributed by atoms with E-state index in [4.69, 9.17) is 4.74 Å². The number of benzene rings is 2. The second-order valence-electron chi connectivity index (χ2n) is 9.32. The molecule has 1 aliphatic rings. The van der Waals surface area contributed by atoms with E-state index in [0.717, 1.165) is 24.0 Å². The lowest BCUT2D eigenvalue weighted by Gasteiger charge is -2.38. The largest absolute Gasteiger partial charge is 0.478 e. The summed E-state index contributed by atoms with van der Waals surface area (Å²) in [5, 5.41) is 19.6. The third-order valence-corrected chi connectivity index (χ3v) is 7.69. The number of aliphatic carboxylic acids is 1. The van der Waals surface area contributed by atoms with Crippen molar-refractivity contribution in [2.45, 2.75) is 70.9 Å². The van der Waals surface area contributed by atoms with Crippen molar-refractivity contribution >= 4 is 33.3 Å². The highest BCUT2D eigenvalue weighted by Gasteiger charge is 2.37. The molecular formula is C29H34N2O4S. The Morgan fingerprint density at radius 3 is 2.47 bits per heavy atom. The molecule has 0 radical (unpaired) electrons. The second-order valence-corrected chi connectivity index (χ2v) is 10.3. The molecule has 3 aromatic rings. The van der Waals surface area contributed by atoms with E-state index >= 15 is 0 Å². The summed E-state index contributed by atoms with van der Waals surface area (Å²) in [7, 11) is 0. The van der Waals surface area contributed by atoms with Crippen molar-refractivity contribution < 1.29 is 19.4 Å². The summed E-state index contributed by atoms with van der Waals surface area (Å²) in [6.07, 6.45) is 3.10. The fourth-order valence-corrected chi connectivity index (χ4v) is 5.59. The number of hydrogen-bond donors (Lipinski definition) is 3. The minimum atomic E-state index is -0.951. The molecule has 0 bridgehead atoms. The lowest BCUT2D eigenvalue weighted by Crippen LogP contribution is -2.58. The Kier molecular flexibility index (Phi) is 8.56. The van der Waals surface area contributed by atoms with E-state index in [1.807, 2.05) is 13.8 Å². The summed E-state index contributed by atoms with van der Waals surface area (Å²) >= 11 is 1.74. The highest BCUT2D eigenvalue weighted by Crippen LogP contribution is 2.28. The highest BCUT2D eigenvalue weighted by atomic mass is 32.1. The Hall–Kier alpha value is -3.00. The smallest absolute Gasteiger partial charge is 0.331 e. The molecular weight excluding hydrogens is 472 g/mol. The zero-order chi connectivity index (χ0) is 25.7. The molecule has 0 spiro atoms. The highest BCUT2D eigenvalue weighted by molar-refractivity contribution is 7.17. The lowest BCUT2D eigenvalue weighted by atomic mass is 9.87. The van der Waals surface area contributed by atoms with Gasteiger partial charge >= 0.3 is 5.97 Å². The molecule has 36 heavy (non-hydrogen) atoms. The number of nitrogens with one attached hydrogen (secondary N) is 2. The van der Waals surface area contributed by atoms with Gasteiger partial charge in [0.1, 0.15) is 0 Å². The van der Waals surface area contributed by atoms with E-state index in [1.165, 1.54) is 22.6 Å². The maximum atomic E-state index is 12.0. The first-order valence-corrected chi connectivity index (χ1v) is 13.4. The number of rotatable bonds is 10. The first kappa shape index (κ1) is 26.1. The number of carboxylic acids is 1.